The van der Waals surface area contributed by atoms with E-state index in [4.69, 9.17) is 5.73 Å². The van der Waals surface area contributed by atoms with Gasteiger partial charge in [-0.05, 0) is 40.8 Å². The first-order valence-electron chi connectivity index (χ1n) is 4.59. The summed E-state index contributed by atoms with van der Waals surface area (Å²) in [7, 11) is 0. The summed E-state index contributed by atoms with van der Waals surface area (Å²) in [5, 5.41) is 2.09. The van der Waals surface area contributed by atoms with Gasteiger partial charge in [-0.3, -0.25) is 0 Å². The van der Waals surface area contributed by atoms with E-state index in [9.17, 15) is 0 Å². The fourth-order valence-electron chi connectivity index (χ4n) is 1.18. The highest BCUT2D eigenvalue weighted by atomic mass is 79.9. The van der Waals surface area contributed by atoms with Crippen molar-refractivity contribution in [1.29, 1.82) is 0 Å². The summed E-state index contributed by atoms with van der Waals surface area (Å²) in [4.78, 5) is 1.28. The second-order valence-corrected chi connectivity index (χ2v) is 5.60. The van der Waals surface area contributed by atoms with Crippen LogP contribution >= 0.6 is 39.7 Å². The standard InChI is InChI=1S/C10H16BrNS.ClH/c1-7(2)3-4-9(12)10-5-8(11)6-13-10;/h5-7,9H,3-4,12H2,1-2H3;1H/t9-;/m0./s1. The molecular formula is C10H17BrClNS. The molecule has 1 heterocycles. The second kappa shape index (κ2) is 6.83. The summed E-state index contributed by atoms with van der Waals surface area (Å²) in [5.41, 5.74) is 6.05. The third-order valence-electron chi connectivity index (χ3n) is 2.01. The minimum atomic E-state index is 0. The maximum atomic E-state index is 6.05. The first kappa shape index (κ1) is 14.4. The lowest BCUT2D eigenvalue weighted by molar-refractivity contribution is 0.510. The fourth-order valence-corrected chi connectivity index (χ4v) is 2.66. The highest BCUT2D eigenvalue weighted by Crippen LogP contribution is 2.27. The summed E-state index contributed by atoms with van der Waals surface area (Å²) in [6, 6.07) is 2.34. The van der Waals surface area contributed by atoms with Crippen LogP contribution in [0.15, 0.2) is 15.9 Å². The van der Waals surface area contributed by atoms with Gasteiger partial charge in [0.1, 0.15) is 0 Å². The van der Waals surface area contributed by atoms with Crippen molar-refractivity contribution in [2.75, 3.05) is 0 Å². The molecule has 82 valence electrons. The first-order chi connectivity index (χ1) is 6.09. The average Bonchev–Trinajstić information content (AvgIpc) is 2.47. The van der Waals surface area contributed by atoms with Gasteiger partial charge in [-0.25, -0.2) is 0 Å². The predicted octanol–water partition coefficient (Wildman–Crippen LogP) is 4.37. The van der Waals surface area contributed by atoms with Crippen molar-refractivity contribution in [2.24, 2.45) is 11.7 Å². The van der Waals surface area contributed by atoms with Crippen molar-refractivity contribution < 1.29 is 0 Å². The van der Waals surface area contributed by atoms with Crippen molar-refractivity contribution in [3.05, 3.63) is 20.8 Å². The molecule has 0 saturated heterocycles. The van der Waals surface area contributed by atoms with Crippen LogP contribution in [-0.4, -0.2) is 0 Å². The molecule has 0 aliphatic heterocycles. The van der Waals surface area contributed by atoms with Gasteiger partial charge in [-0.2, -0.15) is 0 Å². The lowest BCUT2D eigenvalue weighted by Crippen LogP contribution is -2.09. The molecule has 0 aromatic carbocycles. The maximum Gasteiger partial charge on any atom is 0.0390 e. The van der Waals surface area contributed by atoms with Crippen molar-refractivity contribution in [3.63, 3.8) is 0 Å². The van der Waals surface area contributed by atoms with Gasteiger partial charge in [-0.15, -0.1) is 23.7 Å². The molecular weight excluding hydrogens is 282 g/mol. The van der Waals surface area contributed by atoms with E-state index in [2.05, 4.69) is 41.2 Å². The Bertz CT molecular complexity index is 262. The Kier molecular flexibility index (Phi) is 7.04. The number of nitrogens with two attached hydrogens (primary N) is 1. The summed E-state index contributed by atoms with van der Waals surface area (Å²) >= 11 is 5.17. The highest BCUT2D eigenvalue weighted by Gasteiger charge is 2.08. The van der Waals surface area contributed by atoms with Crippen LogP contribution in [0.25, 0.3) is 0 Å². The lowest BCUT2D eigenvalue weighted by atomic mass is 10.0. The minimum absolute atomic E-state index is 0. The molecule has 4 heteroatoms. The van der Waals surface area contributed by atoms with Gasteiger partial charge in [0, 0.05) is 20.8 Å². The molecule has 0 amide bonds. The monoisotopic (exact) mass is 297 g/mol. The molecule has 1 aromatic heterocycles. The molecule has 0 saturated carbocycles. The van der Waals surface area contributed by atoms with Crippen molar-refractivity contribution in [1.82, 2.24) is 0 Å². The van der Waals surface area contributed by atoms with E-state index in [1.165, 1.54) is 11.3 Å². The van der Waals surface area contributed by atoms with Gasteiger partial charge in [0.25, 0.3) is 0 Å². The molecule has 1 rings (SSSR count). The zero-order valence-corrected chi connectivity index (χ0v) is 11.7. The number of halogens is 2. The van der Waals surface area contributed by atoms with Crippen LogP contribution in [-0.2, 0) is 0 Å². The Hall–Kier alpha value is 0.430. The van der Waals surface area contributed by atoms with Gasteiger partial charge >= 0.3 is 0 Å². The molecule has 0 fully saturated rings. The fraction of sp³-hybridized carbons (Fsp3) is 0.600. The van der Waals surface area contributed by atoms with Gasteiger partial charge in [-0.1, -0.05) is 13.8 Å². The van der Waals surface area contributed by atoms with Gasteiger partial charge in [0.05, 0.1) is 0 Å². The maximum absolute atomic E-state index is 6.05. The normalized spacial score (nSPS) is 12.6. The summed E-state index contributed by atoms with van der Waals surface area (Å²) in [6.45, 7) is 4.47. The van der Waals surface area contributed by atoms with Crippen LogP contribution < -0.4 is 5.73 Å². The van der Waals surface area contributed by atoms with Gasteiger partial charge < -0.3 is 5.73 Å². The quantitative estimate of drug-likeness (QED) is 0.877. The van der Waals surface area contributed by atoms with Gasteiger partial charge in [0.15, 0.2) is 0 Å². The van der Waals surface area contributed by atoms with E-state index in [0.29, 0.717) is 0 Å². The topological polar surface area (TPSA) is 26.0 Å². The minimum Gasteiger partial charge on any atom is -0.323 e. The molecule has 14 heavy (non-hydrogen) atoms. The van der Waals surface area contributed by atoms with Crippen LogP contribution in [0, 0.1) is 5.92 Å². The molecule has 2 N–H and O–H groups in total. The van der Waals surface area contributed by atoms with E-state index in [0.717, 1.165) is 16.8 Å². The largest absolute Gasteiger partial charge is 0.323 e. The number of hydrogen-bond acceptors (Lipinski definition) is 2. The molecule has 1 atom stereocenters. The number of hydrogen-bond donors (Lipinski definition) is 1. The summed E-state index contributed by atoms with van der Waals surface area (Å²) in [6.07, 6.45) is 2.29. The Balaban J connectivity index is 0.00000169. The summed E-state index contributed by atoms with van der Waals surface area (Å²) < 4.78 is 1.15. The van der Waals surface area contributed by atoms with E-state index in [1.807, 2.05) is 0 Å². The van der Waals surface area contributed by atoms with E-state index in [1.54, 1.807) is 11.3 Å². The van der Waals surface area contributed by atoms with Crippen molar-refractivity contribution >= 4 is 39.7 Å². The van der Waals surface area contributed by atoms with Crippen LogP contribution in [0.1, 0.15) is 37.6 Å². The molecule has 0 bridgehead atoms. The predicted molar refractivity (Wildman–Crippen MR) is 70.3 cm³/mol. The van der Waals surface area contributed by atoms with Crippen LogP contribution in [0.4, 0.5) is 0 Å². The van der Waals surface area contributed by atoms with Crippen molar-refractivity contribution in [3.8, 4) is 0 Å². The first-order valence-corrected chi connectivity index (χ1v) is 6.26. The third kappa shape index (κ3) is 4.78. The second-order valence-electron chi connectivity index (χ2n) is 3.74. The van der Waals surface area contributed by atoms with E-state index < -0.39 is 0 Å². The van der Waals surface area contributed by atoms with Crippen LogP contribution in [0.5, 0.6) is 0 Å². The molecule has 0 aliphatic carbocycles. The summed E-state index contributed by atoms with van der Waals surface area (Å²) in [5.74, 6) is 0.745. The average molecular weight is 299 g/mol. The Morgan fingerprint density at radius 1 is 1.43 bits per heavy atom. The smallest absolute Gasteiger partial charge is 0.0390 e. The molecule has 0 unspecified atom stereocenters. The Labute approximate surface area is 105 Å². The molecule has 1 nitrogen and oxygen atoms in total. The number of thiophene rings is 1. The van der Waals surface area contributed by atoms with E-state index in [-0.39, 0.29) is 18.4 Å². The molecule has 0 spiro atoms. The SMILES string of the molecule is CC(C)CC[C@H](N)c1cc(Br)cs1.Cl. The third-order valence-corrected chi connectivity index (χ3v) is 3.83. The van der Waals surface area contributed by atoms with E-state index >= 15 is 0 Å². The zero-order chi connectivity index (χ0) is 9.84. The Morgan fingerprint density at radius 3 is 2.50 bits per heavy atom. The van der Waals surface area contributed by atoms with Crippen LogP contribution in [0.3, 0.4) is 0 Å². The molecule has 0 aliphatic rings. The van der Waals surface area contributed by atoms with Crippen molar-refractivity contribution in [2.45, 2.75) is 32.7 Å². The van der Waals surface area contributed by atoms with Crippen LogP contribution in [0.2, 0.25) is 0 Å². The van der Waals surface area contributed by atoms with Gasteiger partial charge in [0.2, 0.25) is 0 Å². The Morgan fingerprint density at radius 2 is 2.07 bits per heavy atom. The molecule has 1 aromatic rings. The lowest BCUT2D eigenvalue weighted by Gasteiger charge is -2.10. The highest BCUT2D eigenvalue weighted by molar-refractivity contribution is 9.10. The number of rotatable bonds is 4. The zero-order valence-electron chi connectivity index (χ0n) is 8.50. The molecule has 0 radical (unpaired) electrons.